The number of pyridine rings is 1. The molecule has 0 aliphatic carbocycles. The highest BCUT2D eigenvalue weighted by atomic mass is 14.9. The number of aryl methyl sites for hydroxylation is 1. The van der Waals surface area contributed by atoms with Crippen molar-refractivity contribution in [1.29, 1.82) is 5.26 Å². The molecule has 0 saturated heterocycles. The average molecular weight is 246 g/mol. The lowest BCUT2D eigenvalue weighted by atomic mass is 10.1. The molecule has 0 radical (unpaired) electrons. The molecule has 3 rings (SSSR count). The second kappa shape index (κ2) is 4.62. The van der Waals surface area contributed by atoms with Crippen molar-refractivity contribution >= 4 is 5.52 Å². The normalized spacial score (nSPS) is 10.5. The van der Waals surface area contributed by atoms with Gasteiger partial charge in [-0.3, -0.25) is 0 Å². The van der Waals surface area contributed by atoms with E-state index in [0.717, 1.165) is 6.42 Å². The quantitative estimate of drug-likeness (QED) is 0.677. The molecule has 0 saturated carbocycles. The number of hydrogen-bond donors (Lipinski definition) is 0. The fourth-order valence-corrected chi connectivity index (χ4v) is 2.32. The molecule has 0 fully saturated rings. The van der Waals surface area contributed by atoms with Gasteiger partial charge in [0.2, 0.25) is 0 Å². The summed E-state index contributed by atoms with van der Waals surface area (Å²) >= 11 is 0. The van der Waals surface area contributed by atoms with Gasteiger partial charge in [0.25, 0.3) is 0 Å². The summed E-state index contributed by atoms with van der Waals surface area (Å²) in [4.78, 5) is 0. The van der Waals surface area contributed by atoms with E-state index in [-0.39, 0.29) is 0 Å². The summed E-state index contributed by atoms with van der Waals surface area (Å²) in [5.41, 5.74) is 5.67. The van der Waals surface area contributed by atoms with Gasteiger partial charge in [0.1, 0.15) is 0 Å². The van der Waals surface area contributed by atoms with E-state index in [0.29, 0.717) is 5.56 Å². The smallest absolute Gasteiger partial charge is 0.0991 e. The molecule has 0 bridgehead atoms. The van der Waals surface area contributed by atoms with Crippen LogP contribution in [-0.4, -0.2) is 4.40 Å². The summed E-state index contributed by atoms with van der Waals surface area (Å²) in [6, 6.07) is 18.5. The Balaban J connectivity index is 1.96. The molecule has 3 aromatic rings. The van der Waals surface area contributed by atoms with E-state index in [1.165, 1.54) is 22.3 Å². The topological polar surface area (TPSA) is 28.2 Å². The van der Waals surface area contributed by atoms with Crippen LogP contribution >= 0.6 is 0 Å². The molecule has 2 aromatic heterocycles. The van der Waals surface area contributed by atoms with Gasteiger partial charge < -0.3 is 4.40 Å². The highest BCUT2D eigenvalue weighted by molar-refractivity contribution is 5.51. The zero-order chi connectivity index (χ0) is 13.2. The molecule has 0 amide bonds. The predicted molar refractivity (Wildman–Crippen MR) is 76.1 cm³/mol. The average Bonchev–Trinajstić information content (AvgIpc) is 2.82. The Kier molecular flexibility index (Phi) is 2.81. The molecule has 0 N–H and O–H groups in total. The molecule has 2 nitrogen and oxygen atoms in total. The highest BCUT2D eigenvalue weighted by Crippen LogP contribution is 2.16. The first-order chi connectivity index (χ1) is 9.26. The third-order valence-corrected chi connectivity index (χ3v) is 3.35. The molecule has 92 valence electrons. The van der Waals surface area contributed by atoms with Gasteiger partial charge in [-0.05, 0) is 48.4 Å². The lowest BCUT2D eigenvalue weighted by Crippen LogP contribution is -1.95. The van der Waals surface area contributed by atoms with Crippen LogP contribution in [0, 0.1) is 18.3 Å². The summed E-state index contributed by atoms with van der Waals surface area (Å²) in [6.07, 6.45) is 3.04. The SMILES string of the molecule is Cc1ccc2ccc(Cc3ccc(C#N)cc3)n2c1. The van der Waals surface area contributed by atoms with E-state index in [1.54, 1.807) is 0 Å². The largest absolute Gasteiger partial charge is 0.320 e. The molecule has 0 aliphatic rings. The molecule has 0 unspecified atom stereocenters. The first-order valence-corrected chi connectivity index (χ1v) is 6.32. The van der Waals surface area contributed by atoms with Gasteiger partial charge in [-0.15, -0.1) is 0 Å². The Morgan fingerprint density at radius 3 is 2.47 bits per heavy atom. The zero-order valence-corrected chi connectivity index (χ0v) is 10.8. The van der Waals surface area contributed by atoms with Crippen LogP contribution in [0.3, 0.4) is 0 Å². The Labute approximate surface area is 112 Å². The molecular weight excluding hydrogens is 232 g/mol. The van der Waals surface area contributed by atoms with Crippen molar-refractivity contribution in [1.82, 2.24) is 4.40 Å². The zero-order valence-electron chi connectivity index (χ0n) is 10.8. The van der Waals surface area contributed by atoms with Crippen molar-refractivity contribution in [3.8, 4) is 6.07 Å². The summed E-state index contributed by atoms with van der Waals surface area (Å²) in [5, 5.41) is 8.80. The Hall–Kier alpha value is -2.53. The molecule has 2 heteroatoms. The number of nitriles is 1. The van der Waals surface area contributed by atoms with Gasteiger partial charge in [0, 0.05) is 23.8 Å². The van der Waals surface area contributed by atoms with Crippen LogP contribution in [0.4, 0.5) is 0 Å². The van der Waals surface area contributed by atoms with Crippen LogP contribution in [0.15, 0.2) is 54.7 Å². The first-order valence-electron chi connectivity index (χ1n) is 6.32. The van der Waals surface area contributed by atoms with Gasteiger partial charge in [0.05, 0.1) is 11.6 Å². The maximum Gasteiger partial charge on any atom is 0.0991 e. The van der Waals surface area contributed by atoms with Crippen molar-refractivity contribution in [2.75, 3.05) is 0 Å². The maximum absolute atomic E-state index is 8.80. The van der Waals surface area contributed by atoms with Crippen LogP contribution in [0.5, 0.6) is 0 Å². The van der Waals surface area contributed by atoms with Crippen molar-refractivity contribution < 1.29 is 0 Å². The van der Waals surface area contributed by atoms with Gasteiger partial charge in [-0.25, -0.2) is 0 Å². The van der Waals surface area contributed by atoms with Gasteiger partial charge >= 0.3 is 0 Å². The van der Waals surface area contributed by atoms with Crippen LogP contribution in [-0.2, 0) is 6.42 Å². The van der Waals surface area contributed by atoms with Crippen LogP contribution in [0.2, 0.25) is 0 Å². The van der Waals surface area contributed by atoms with Crippen molar-refractivity contribution in [2.24, 2.45) is 0 Å². The van der Waals surface area contributed by atoms with Crippen molar-refractivity contribution in [2.45, 2.75) is 13.3 Å². The minimum Gasteiger partial charge on any atom is -0.320 e. The van der Waals surface area contributed by atoms with Gasteiger partial charge in [-0.2, -0.15) is 5.26 Å². The number of benzene rings is 1. The minimum absolute atomic E-state index is 0.708. The highest BCUT2D eigenvalue weighted by Gasteiger charge is 2.03. The molecule has 0 aliphatic heterocycles. The van der Waals surface area contributed by atoms with Crippen LogP contribution < -0.4 is 0 Å². The van der Waals surface area contributed by atoms with E-state index in [9.17, 15) is 0 Å². The summed E-state index contributed by atoms with van der Waals surface area (Å²) in [6.45, 7) is 2.10. The second-order valence-electron chi connectivity index (χ2n) is 4.81. The number of fused-ring (bicyclic) bond motifs is 1. The Bertz CT molecular complexity index is 758. The van der Waals surface area contributed by atoms with Crippen molar-refractivity contribution in [3.63, 3.8) is 0 Å². The lowest BCUT2D eigenvalue weighted by Gasteiger charge is -2.05. The predicted octanol–water partition coefficient (Wildman–Crippen LogP) is 3.71. The third kappa shape index (κ3) is 2.23. The molecule has 0 spiro atoms. The fourth-order valence-electron chi connectivity index (χ4n) is 2.32. The van der Waals surface area contributed by atoms with E-state index in [2.05, 4.69) is 47.9 Å². The first kappa shape index (κ1) is 11.6. The molecule has 0 atom stereocenters. The molecule has 19 heavy (non-hydrogen) atoms. The van der Waals surface area contributed by atoms with E-state index < -0.39 is 0 Å². The number of hydrogen-bond acceptors (Lipinski definition) is 1. The molecule has 1 aromatic carbocycles. The minimum atomic E-state index is 0.708. The Morgan fingerprint density at radius 2 is 1.74 bits per heavy atom. The van der Waals surface area contributed by atoms with Gasteiger partial charge in [-0.1, -0.05) is 18.2 Å². The third-order valence-electron chi connectivity index (χ3n) is 3.35. The maximum atomic E-state index is 8.80. The monoisotopic (exact) mass is 246 g/mol. The number of aromatic nitrogens is 1. The fraction of sp³-hybridized carbons (Fsp3) is 0.118. The summed E-state index contributed by atoms with van der Waals surface area (Å²) in [7, 11) is 0. The van der Waals surface area contributed by atoms with Crippen LogP contribution in [0.25, 0.3) is 5.52 Å². The standard InChI is InChI=1S/C17H14N2/c1-13-2-7-16-8-9-17(19(16)12-13)10-14-3-5-15(11-18)6-4-14/h2-9,12H,10H2,1H3. The van der Waals surface area contributed by atoms with Crippen LogP contribution in [0.1, 0.15) is 22.4 Å². The van der Waals surface area contributed by atoms with E-state index in [1.807, 2.05) is 24.3 Å². The molecule has 2 heterocycles. The lowest BCUT2D eigenvalue weighted by molar-refractivity contribution is 1.02. The van der Waals surface area contributed by atoms with Gasteiger partial charge in [0.15, 0.2) is 0 Å². The summed E-state index contributed by atoms with van der Waals surface area (Å²) in [5.74, 6) is 0. The number of rotatable bonds is 2. The summed E-state index contributed by atoms with van der Waals surface area (Å²) < 4.78 is 2.23. The van der Waals surface area contributed by atoms with Crippen molar-refractivity contribution in [3.05, 3.63) is 77.1 Å². The Morgan fingerprint density at radius 1 is 1.00 bits per heavy atom. The number of nitrogens with zero attached hydrogens (tertiary/aromatic N) is 2. The van der Waals surface area contributed by atoms with E-state index in [4.69, 9.17) is 5.26 Å². The molecular formula is C17H14N2. The second-order valence-corrected chi connectivity index (χ2v) is 4.81. The van der Waals surface area contributed by atoms with E-state index >= 15 is 0 Å².